The number of rotatable bonds is 5. The van der Waals surface area contributed by atoms with Crippen molar-refractivity contribution in [2.45, 2.75) is 20.0 Å². The Morgan fingerprint density at radius 3 is 2.29 bits per heavy atom. The van der Waals surface area contributed by atoms with Crippen LogP contribution in [0.25, 0.3) is 0 Å². The maximum atomic E-state index is 12.1. The lowest BCUT2D eigenvalue weighted by molar-refractivity contribution is -0.146. The van der Waals surface area contributed by atoms with E-state index in [0.29, 0.717) is 5.56 Å². The van der Waals surface area contributed by atoms with E-state index in [1.54, 1.807) is 24.3 Å². The number of hydrogen-bond acceptors (Lipinski definition) is 4. The summed E-state index contributed by atoms with van der Waals surface area (Å²) in [6.07, 6.45) is -0.770. The zero-order chi connectivity index (χ0) is 12.8. The molecular weight excluding hydrogens is 218 g/mol. The van der Waals surface area contributed by atoms with Crippen LogP contribution in [0.4, 0.5) is 0 Å². The first kappa shape index (κ1) is 13.4. The van der Waals surface area contributed by atoms with E-state index >= 15 is 0 Å². The highest BCUT2D eigenvalue weighted by Crippen LogP contribution is 2.14. The maximum absolute atomic E-state index is 12.1. The third-order valence-electron chi connectivity index (χ3n) is 2.35. The number of carbonyl (C=O) groups excluding carboxylic acids is 2. The van der Waals surface area contributed by atoms with Gasteiger partial charge in [0.15, 0.2) is 6.10 Å². The van der Waals surface area contributed by atoms with Crippen molar-refractivity contribution in [1.29, 1.82) is 0 Å². The molecular formula is C13H17NO3. The molecule has 17 heavy (non-hydrogen) atoms. The summed E-state index contributed by atoms with van der Waals surface area (Å²) in [5, 5.41) is 0. The average Bonchev–Trinajstić information content (AvgIpc) is 2.35. The van der Waals surface area contributed by atoms with Crippen molar-refractivity contribution in [3.8, 4) is 0 Å². The summed E-state index contributed by atoms with van der Waals surface area (Å²) in [7, 11) is 0. The van der Waals surface area contributed by atoms with E-state index in [2.05, 4.69) is 0 Å². The normalized spacial score (nSPS) is 12.2. The quantitative estimate of drug-likeness (QED) is 0.618. The molecule has 0 aromatic heterocycles. The second-order valence-electron chi connectivity index (χ2n) is 4.09. The van der Waals surface area contributed by atoms with E-state index in [4.69, 9.17) is 10.5 Å². The molecule has 1 rings (SSSR count). The van der Waals surface area contributed by atoms with Crippen LogP contribution in [0.3, 0.4) is 0 Å². The van der Waals surface area contributed by atoms with Gasteiger partial charge in [0, 0.05) is 5.56 Å². The maximum Gasteiger partial charge on any atom is 0.320 e. The van der Waals surface area contributed by atoms with E-state index in [0.717, 1.165) is 0 Å². The molecule has 0 heterocycles. The highest BCUT2D eigenvalue weighted by atomic mass is 16.5. The van der Waals surface area contributed by atoms with Crippen LogP contribution in [-0.4, -0.2) is 24.4 Å². The second-order valence-corrected chi connectivity index (χ2v) is 4.09. The van der Waals surface area contributed by atoms with E-state index in [-0.39, 0.29) is 18.2 Å². The fourth-order valence-corrected chi connectivity index (χ4v) is 1.45. The number of Topliss-reactive ketones (excluding diaryl/α,β-unsaturated/α-hetero) is 1. The van der Waals surface area contributed by atoms with Gasteiger partial charge in [0.1, 0.15) is 0 Å². The number of ether oxygens (including phenoxy) is 1. The highest BCUT2D eigenvalue weighted by molar-refractivity contribution is 6.00. The molecule has 0 saturated carbocycles. The molecule has 92 valence electrons. The van der Waals surface area contributed by atoms with Crippen molar-refractivity contribution in [2.75, 3.05) is 6.54 Å². The van der Waals surface area contributed by atoms with E-state index in [1.165, 1.54) is 0 Å². The summed E-state index contributed by atoms with van der Waals surface area (Å²) in [6, 6.07) is 8.78. The van der Waals surface area contributed by atoms with Gasteiger partial charge in [0.2, 0.25) is 5.78 Å². The van der Waals surface area contributed by atoms with Crippen LogP contribution in [0.5, 0.6) is 0 Å². The molecule has 0 spiro atoms. The standard InChI is InChI=1S/C13H17NO3/c1-9(2)13(17-11(15)8-14)12(16)10-6-4-3-5-7-10/h3-7,9,13H,8,14H2,1-2H3/t13-/m0/s1. The number of nitrogens with two attached hydrogens (primary N) is 1. The van der Waals surface area contributed by atoms with Gasteiger partial charge in [0.05, 0.1) is 6.54 Å². The fraction of sp³-hybridized carbons (Fsp3) is 0.385. The van der Waals surface area contributed by atoms with Gasteiger partial charge >= 0.3 is 5.97 Å². The Hall–Kier alpha value is -1.68. The van der Waals surface area contributed by atoms with Gasteiger partial charge in [-0.05, 0) is 5.92 Å². The average molecular weight is 235 g/mol. The van der Waals surface area contributed by atoms with Gasteiger partial charge in [-0.1, -0.05) is 44.2 Å². The third kappa shape index (κ3) is 3.67. The van der Waals surface area contributed by atoms with Crippen molar-refractivity contribution in [2.24, 2.45) is 11.7 Å². The minimum Gasteiger partial charge on any atom is -0.453 e. The first-order valence-electron chi connectivity index (χ1n) is 5.55. The summed E-state index contributed by atoms with van der Waals surface area (Å²) in [6.45, 7) is 3.44. The molecule has 1 aromatic carbocycles. The van der Waals surface area contributed by atoms with Gasteiger partial charge in [-0.15, -0.1) is 0 Å². The lowest BCUT2D eigenvalue weighted by atomic mass is 9.97. The van der Waals surface area contributed by atoms with Crippen molar-refractivity contribution in [1.82, 2.24) is 0 Å². The summed E-state index contributed by atoms with van der Waals surface area (Å²) in [5.41, 5.74) is 5.71. The van der Waals surface area contributed by atoms with Crippen LogP contribution in [0.1, 0.15) is 24.2 Å². The largest absolute Gasteiger partial charge is 0.453 e. The molecule has 4 heteroatoms. The molecule has 0 unspecified atom stereocenters. The van der Waals surface area contributed by atoms with Gasteiger partial charge in [-0.2, -0.15) is 0 Å². The number of ketones is 1. The third-order valence-corrected chi connectivity index (χ3v) is 2.35. The topological polar surface area (TPSA) is 69.4 Å². The van der Waals surface area contributed by atoms with Crippen LogP contribution in [0.2, 0.25) is 0 Å². The fourth-order valence-electron chi connectivity index (χ4n) is 1.45. The molecule has 0 aliphatic rings. The Morgan fingerprint density at radius 1 is 1.24 bits per heavy atom. The summed E-state index contributed by atoms with van der Waals surface area (Å²) in [4.78, 5) is 23.3. The number of benzene rings is 1. The lowest BCUT2D eigenvalue weighted by Gasteiger charge is -2.19. The summed E-state index contributed by atoms with van der Waals surface area (Å²) in [5.74, 6) is -0.839. The molecule has 1 aromatic rings. The molecule has 0 aliphatic carbocycles. The SMILES string of the molecule is CC(C)[C@H](OC(=O)CN)C(=O)c1ccccc1. The second kappa shape index (κ2) is 6.15. The minimum absolute atomic E-state index is 0.0850. The first-order valence-corrected chi connectivity index (χ1v) is 5.55. The number of hydrogen-bond donors (Lipinski definition) is 1. The Kier molecular flexibility index (Phi) is 4.84. The van der Waals surface area contributed by atoms with E-state index in [9.17, 15) is 9.59 Å². The predicted molar refractivity (Wildman–Crippen MR) is 64.5 cm³/mol. The minimum atomic E-state index is -0.770. The van der Waals surface area contributed by atoms with Crippen LogP contribution < -0.4 is 5.73 Å². The molecule has 0 aliphatic heterocycles. The molecule has 1 atom stereocenters. The van der Waals surface area contributed by atoms with Crippen LogP contribution in [0, 0.1) is 5.92 Å². The molecule has 0 saturated heterocycles. The van der Waals surface area contributed by atoms with Crippen molar-refractivity contribution in [3.63, 3.8) is 0 Å². The van der Waals surface area contributed by atoms with Crippen LogP contribution >= 0.6 is 0 Å². The lowest BCUT2D eigenvalue weighted by Crippen LogP contribution is -2.34. The first-order chi connectivity index (χ1) is 8.06. The number of carbonyl (C=O) groups is 2. The number of esters is 1. The molecule has 0 fully saturated rings. The summed E-state index contributed by atoms with van der Waals surface area (Å²) >= 11 is 0. The highest BCUT2D eigenvalue weighted by Gasteiger charge is 2.26. The monoisotopic (exact) mass is 235 g/mol. The van der Waals surface area contributed by atoms with Crippen molar-refractivity contribution < 1.29 is 14.3 Å². The van der Waals surface area contributed by atoms with Gasteiger partial charge in [0.25, 0.3) is 0 Å². The smallest absolute Gasteiger partial charge is 0.320 e. The van der Waals surface area contributed by atoms with Crippen LogP contribution in [-0.2, 0) is 9.53 Å². The zero-order valence-corrected chi connectivity index (χ0v) is 10.1. The molecule has 2 N–H and O–H groups in total. The molecule has 4 nitrogen and oxygen atoms in total. The molecule has 0 bridgehead atoms. The Labute approximate surface area is 101 Å². The predicted octanol–water partition coefficient (Wildman–Crippen LogP) is 1.40. The van der Waals surface area contributed by atoms with Gasteiger partial charge in [-0.3, -0.25) is 9.59 Å². The molecule has 0 amide bonds. The van der Waals surface area contributed by atoms with Crippen molar-refractivity contribution >= 4 is 11.8 Å². The Balaban J connectivity index is 2.85. The van der Waals surface area contributed by atoms with E-state index in [1.807, 2.05) is 19.9 Å². The van der Waals surface area contributed by atoms with Crippen LogP contribution in [0.15, 0.2) is 30.3 Å². The van der Waals surface area contributed by atoms with E-state index < -0.39 is 12.1 Å². The summed E-state index contributed by atoms with van der Waals surface area (Å²) < 4.78 is 5.06. The van der Waals surface area contributed by atoms with Gasteiger partial charge in [-0.25, -0.2) is 0 Å². The molecule has 0 radical (unpaired) electrons. The Morgan fingerprint density at radius 2 is 1.82 bits per heavy atom. The van der Waals surface area contributed by atoms with Crippen molar-refractivity contribution in [3.05, 3.63) is 35.9 Å². The van der Waals surface area contributed by atoms with Gasteiger partial charge < -0.3 is 10.5 Å². The Bertz CT molecular complexity index is 387. The zero-order valence-electron chi connectivity index (χ0n) is 10.1.